The highest BCUT2D eigenvalue weighted by atomic mass is 16.3. The number of amides is 1. The molecule has 1 aromatic carbocycles. The Labute approximate surface area is 191 Å². The van der Waals surface area contributed by atoms with Gasteiger partial charge in [-0.1, -0.05) is 18.6 Å². The van der Waals surface area contributed by atoms with Gasteiger partial charge in [-0.3, -0.25) is 14.7 Å². The number of nitrogens with zero attached hydrogens (tertiary/aromatic N) is 5. The zero-order valence-corrected chi connectivity index (χ0v) is 19.4. The zero-order valence-electron chi connectivity index (χ0n) is 19.4. The maximum absolute atomic E-state index is 12.4. The fourth-order valence-electron chi connectivity index (χ4n) is 4.72. The molecule has 2 saturated heterocycles. The molecule has 3 fully saturated rings. The molecule has 176 valence electrons. The quantitative estimate of drug-likeness (QED) is 0.513. The Hall–Kier alpha value is -2.48. The molecule has 2 N–H and O–H groups in total. The number of phenols is 1. The molecule has 8 nitrogen and oxygen atoms in total. The summed E-state index contributed by atoms with van der Waals surface area (Å²) in [4.78, 5) is 26.4. The van der Waals surface area contributed by atoms with Gasteiger partial charge in [-0.15, -0.1) is 0 Å². The summed E-state index contributed by atoms with van der Waals surface area (Å²) < 4.78 is 0. The Morgan fingerprint density at radius 1 is 1.03 bits per heavy atom. The van der Waals surface area contributed by atoms with Crippen LogP contribution in [0.25, 0.3) is 0 Å². The van der Waals surface area contributed by atoms with Crippen LogP contribution < -0.4 is 10.2 Å². The van der Waals surface area contributed by atoms with Gasteiger partial charge in [-0.2, -0.15) is 0 Å². The van der Waals surface area contributed by atoms with Gasteiger partial charge in [0, 0.05) is 71.4 Å². The van der Waals surface area contributed by atoms with Crippen molar-refractivity contribution < 1.29 is 9.90 Å². The van der Waals surface area contributed by atoms with Crippen molar-refractivity contribution in [2.75, 3.05) is 76.9 Å². The molecule has 1 amide bonds. The minimum absolute atomic E-state index is 0.306. The Balaban J connectivity index is 1.22. The summed E-state index contributed by atoms with van der Waals surface area (Å²) in [6, 6.07) is 7.55. The predicted molar refractivity (Wildman–Crippen MR) is 128 cm³/mol. The number of phenolic OH excluding ortho intramolecular Hbond substituents is 1. The van der Waals surface area contributed by atoms with E-state index in [2.05, 4.69) is 31.8 Å². The molecule has 0 atom stereocenters. The van der Waals surface area contributed by atoms with Crippen LogP contribution in [-0.2, 0) is 4.79 Å². The van der Waals surface area contributed by atoms with Crippen LogP contribution in [0.2, 0.25) is 0 Å². The van der Waals surface area contributed by atoms with Gasteiger partial charge >= 0.3 is 0 Å². The number of anilines is 1. The predicted octanol–water partition coefficient (Wildman–Crippen LogP) is 1.42. The van der Waals surface area contributed by atoms with Crippen LogP contribution in [0.15, 0.2) is 29.3 Å². The average Bonchev–Trinajstić information content (AvgIpc) is 2.78. The second-order valence-corrected chi connectivity index (χ2v) is 8.99. The fraction of sp³-hybridized carbons (Fsp3) is 0.667. The maximum Gasteiger partial charge on any atom is 0.225 e. The number of hydrogen-bond acceptors (Lipinski definition) is 5. The van der Waals surface area contributed by atoms with Gasteiger partial charge in [-0.25, -0.2) is 0 Å². The topological polar surface area (TPSA) is 74.7 Å². The molecule has 1 aromatic rings. The van der Waals surface area contributed by atoms with E-state index in [0.29, 0.717) is 17.6 Å². The van der Waals surface area contributed by atoms with Crippen molar-refractivity contribution in [2.45, 2.75) is 26.2 Å². The van der Waals surface area contributed by atoms with Crippen LogP contribution in [0.4, 0.5) is 5.69 Å². The number of para-hydroxylation sites is 2. The number of aromatic hydroxyl groups is 1. The molecule has 0 radical (unpaired) electrons. The fourth-order valence-corrected chi connectivity index (χ4v) is 4.72. The summed E-state index contributed by atoms with van der Waals surface area (Å²) in [5.41, 5.74) is 0.907. The van der Waals surface area contributed by atoms with E-state index < -0.39 is 0 Å². The lowest BCUT2D eigenvalue weighted by Gasteiger charge is -2.38. The summed E-state index contributed by atoms with van der Waals surface area (Å²) in [6.07, 6.45) is 3.38. The summed E-state index contributed by atoms with van der Waals surface area (Å²) in [7, 11) is 0. The molecule has 8 heteroatoms. The van der Waals surface area contributed by atoms with Crippen molar-refractivity contribution in [1.82, 2.24) is 20.0 Å². The molecule has 1 saturated carbocycles. The Bertz CT molecular complexity index is 780. The Morgan fingerprint density at radius 2 is 1.72 bits per heavy atom. The van der Waals surface area contributed by atoms with Gasteiger partial charge in [-0.05, 0) is 31.9 Å². The van der Waals surface area contributed by atoms with Gasteiger partial charge in [0.1, 0.15) is 5.75 Å². The number of guanidine groups is 1. The van der Waals surface area contributed by atoms with Crippen LogP contribution in [-0.4, -0.2) is 104 Å². The van der Waals surface area contributed by atoms with Crippen LogP contribution in [0.5, 0.6) is 5.75 Å². The van der Waals surface area contributed by atoms with Crippen LogP contribution in [0.1, 0.15) is 26.2 Å². The third-order valence-electron chi connectivity index (χ3n) is 6.95. The summed E-state index contributed by atoms with van der Waals surface area (Å²) in [5.74, 6) is 2.01. The summed E-state index contributed by atoms with van der Waals surface area (Å²) >= 11 is 0. The first kappa shape index (κ1) is 22.7. The van der Waals surface area contributed by atoms with Gasteiger partial charge < -0.3 is 25.1 Å². The second kappa shape index (κ2) is 10.9. The van der Waals surface area contributed by atoms with Crippen LogP contribution in [0, 0.1) is 5.92 Å². The highest BCUT2D eigenvalue weighted by Crippen LogP contribution is 2.29. The van der Waals surface area contributed by atoms with Crippen molar-refractivity contribution >= 4 is 17.6 Å². The van der Waals surface area contributed by atoms with E-state index in [1.54, 1.807) is 6.07 Å². The number of aliphatic imine (C=N–C) groups is 1. The molecule has 32 heavy (non-hydrogen) atoms. The molecule has 0 spiro atoms. The Morgan fingerprint density at radius 3 is 2.34 bits per heavy atom. The van der Waals surface area contributed by atoms with Gasteiger partial charge in [0.15, 0.2) is 5.96 Å². The third-order valence-corrected chi connectivity index (χ3v) is 6.95. The number of rotatable bonds is 6. The number of hydrogen-bond donors (Lipinski definition) is 2. The number of nitrogens with one attached hydrogen (secondary N) is 1. The van der Waals surface area contributed by atoms with Crippen molar-refractivity contribution in [3.05, 3.63) is 24.3 Å². The minimum Gasteiger partial charge on any atom is -0.506 e. The lowest BCUT2D eigenvalue weighted by Crippen LogP contribution is -2.53. The first-order chi connectivity index (χ1) is 15.7. The van der Waals surface area contributed by atoms with E-state index in [4.69, 9.17) is 4.99 Å². The van der Waals surface area contributed by atoms with Gasteiger partial charge in [0.2, 0.25) is 5.91 Å². The van der Waals surface area contributed by atoms with E-state index in [0.717, 1.165) is 96.5 Å². The average molecular weight is 443 g/mol. The third kappa shape index (κ3) is 5.46. The van der Waals surface area contributed by atoms with E-state index in [1.165, 1.54) is 6.42 Å². The second-order valence-electron chi connectivity index (χ2n) is 8.99. The number of carbonyl (C=O) groups is 1. The number of piperazine rings is 2. The lowest BCUT2D eigenvalue weighted by atomic mass is 9.84. The van der Waals surface area contributed by atoms with Crippen LogP contribution >= 0.6 is 0 Å². The molecule has 2 heterocycles. The molecule has 4 rings (SSSR count). The largest absolute Gasteiger partial charge is 0.506 e. The van der Waals surface area contributed by atoms with Crippen LogP contribution in [0.3, 0.4) is 0 Å². The lowest BCUT2D eigenvalue weighted by molar-refractivity contribution is -0.139. The normalized spacial score (nSPS) is 20.9. The number of carbonyl (C=O) groups excluding carboxylic acids is 1. The monoisotopic (exact) mass is 442 g/mol. The zero-order chi connectivity index (χ0) is 22.3. The molecule has 0 unspecified atom stereocenters. The first-order valence-corrected chi connectivity index (χ1v) is 12.2. The maximum atomic E-state index is 12.4. The smallest absolute Gasteiger partial charge is 0.225 e. The van der Waals surface area contributed by atoms with Gasteiger partial charge in [0.25, 0.3) is 0 Å². The molecule has 1 aliphatic carbocycles. The molecule has 0 bridgehead atoms. The first-order valence-electron chi connectivity index (χ1n) is 12.2. The van der Waals surface area contributed by atoms with Gasteiger partial charge in [0.05, 0.1) is 12.2 Å². The van der Waals surface area contributed by atoms with E-state index in [1.807, 2.05) is 18.2 Å². The van der Waals surface area contributed by atoms with Crippen molar-refractivity contribution in [2.24, 2.45) is 10.9 Å². The van der Waals surface area contributed by atoms with E-state index in [9.17, 15) is 9.90 Å². The molecule has 3 aliphatic rings. The summed E-state index contributed by atoms with van der Waals surface area (Å²) in [6.45, 7) is 11.7. The molecule has 0 aromatic heterocycles. The SMILES string of the molecule is CCNC(=NCCN1CCN(C(=O)C2CCC2)CC1)N1CCN(c2ccccc2O)CC1. The van der Waals surface area contributed by atoms with E-state index in [-0.39, 0.29) is 0 Å². The highest BCUT2D eigenvalue weighted by Gasteiger charge is 2.31. The molecular formula is C24H38N6O2. The summed E-state index contributed by atoms with van der Waals surface area (Å²) in [5, 5.41) is 13.6. The standard InChI is InChI=1S/C24H38N6O2/c1-2-25-24(30-18-16-28(17-19-30)21-8-3-4-9-22(21)31)26-10-11-27-12-14-29(15-13-27)23(32)20-6-5-7-20/h3-4,8-9,20,31H,2,5-7,10-19H2,1H3,(H,25,26). The van der Waals surface area contributed by atoms with E-state index >= 15 is 0 Å². The number of benzene rings is 1. The van der Waals surface area contributed by atoms with Crippen molar-refractivity contribution in [1.29, 1.82) is 0 Å². The Kier molecular flexibility index (Phi) is 7.73. The van der Waals surface area contributed by atoms with Crippen molar-refractivity contribution in [3.8, 4) is 5.75 Å². The molecule has 2 aliphatic heterocycles. The minimum atomic E-state index is 0.306. The highest BCUT2D eigenvalue weighted by molar-refractivity contribution is 5.80. The molecular weight excluding hydrogens is 404 g/mol. The van der Waals surface area contributed by atoms with Crippen molar-refractivity contribution in [3.63, 3.8) is 0 Å².